The second-order valence-corrected chi connectivity index (χ2v) is 4.19. The third-order valence-electron chi connectivity index (χ3n) is 2.41. The third-order valence-corrected chi connectivity index (χ3v) is 2.41. The molecule has 6 nitrogen and oxygen atoms in total. The number of primary amides is 1. The van der Waals surface area contributed by atoms with Crippen LogP contribution in [0.25, 0.3) is 0 Å². The van der Waals surface area contributed by atoms with Crippen LogP contribution in [0, 0.1) is 0 Å². The van der Waals surface area contributed by atoms with Gasteiger partial charge in [-0.1, -0.05) is 30.3 Å². The first kappa shape index (κ1) is 15.0. The fourth-order valence-corrected chi connectivity index (χ4v) is 1.50. The van der Waals surface area contributed by atoms with E-state index < -0.39 is 12.0 Å². The zero-order chi connectivity index (χ0) is 14.1. The predicted octanol–water partition coefficient (Wildman–Crippen LogP) is 0.158. The van der Waals surface area contributed by atoms with Crippen molar-refractivity contribution in [3.63, 3.8) is 0 Å². The van der Waals surface area contributed by atoms with Crippen LogP contribution in [0.2, 0.25) is 0 Å². The van der Waals surface area contributed by atoms with Crippen LogP contribution in [-0.4, -0.2) is 31.2 Å². The molecule has 0 aliphatic heterocycles. The van der Waals surface area contributed by atoms with Gasteiger partial charge in [0.1, 0.15) is 6.61 Å². The summed E-state index contributed by atoms with van der Waals surface area (Å²) in [5, 5.41) is 2.42. The molecular formula is C13H19N3O3. The van der Waals surface area contributed by atoms with Crippen molar-refractivity contribution in [1.82, 2.24) is 5.32 Å². The molecule has 0 aromatic heterocycles. The molecule has 0 heterocycles. The molecule has 2 amide bonds. The van der Waals surface area contributed by atoms with Gasteiger partial charge in [-0.25, -0.2) is 4.79 Å². The number of hydrogen-bond donors (Lipinski definition) is 3. The molecule has 0 unspecified atom stereocenters. The Labute approximate surface area is 112 Å². The van der Waals surface area contributed by atoms with Gasteiger partial charge in [0.2, 0.25) is 5.91 Å². The zero-order valence-electron chi connectivity index (χ0n) is 10.7. The number of amides is 2. The zero-order valence-corrected chi connectivity index (χ0v) is 10.7. The van der Waals surface area contributed by atoms with E-state index in [0.717, 1.165) is 5.56 Å². The highest BCUT2D eigenvalue weighted by Crippen LogP contribution is 2.02. The topological polar surface area (TPSA) is 107 Å². The lowest BCUT2D eigenvalue weighted by atomic mass is 10.1. The number of ether oxygens (including phenoxy) is 1. The van der Waals surface area contributed by atoms with Crippen LogP contribution in [0.3, 0.4) is 0 Å². The summed E-state index contributed by atoms with van der Waals surface area (Å²) in [6.45, 7) is 0.291. The molecule has 1 rings (SSSR count). The molecule has 1 atom stereocenters. The Morgan fingerprint density at radius 1 is 1.26 bits per heavy atom. The van der Waals surface area contributed by atoms with Gasteiger partial charge in [0.05, 0.1) is 0 Å². The Morgan fingerprint density at radius 2 is 1.95 bits per heavy atom. The highest BCUT2D eigenvalue weighted by atomic mass is 16.5. The van der Waals surface area contributed by atoms with Crippen molar-refractivity contribution < 1.29 is 14.3 Å². The van der Waals surface area contributed by atoms with E-state index in [4.69, 9.17) is 16.2 Å². The van der Waals surface area contributed by atoms with E-state index in [1.54, 1.807) is 0 Å². The van der Waals surface area contributed by atoms with E-state index in [2.05, 4.69) is 5.32 Å². The maximum absolute atomic E-state index is 11.2. The molecule has 0 bridgehead atoms. The van der Waals surface area contributed by atoms with E-state index in [0.29, 0.717) is 6.42 Å². The van der Waals surface area contributed by atoms with E-state index in [1.165, 1.54) is 0 Å². The molecule has 6 heteroatoms. The second kappa shape index (κ2) is 8.10. The Hall–Kier alpha value is -2.08. The first-order chi connectivity index (χ1) is 9.08. The van der Waals surface area contributed by atoms with Crippen LogP contribution in [0.1, 0.15) is 12.0 Å². The summed E-state index contributed by atoms with van der Waals surface area (Å²) in [5.74, 6) is -0.471. The Bertz CT molecular complexity index is 409. The lowest BCUT2D eigenvalue weighted by Gasteiger charge is -2.12. The van der Waals surface area contributed by atoms with Crippen molar-refractivity contribution in [2.75, 3.05) is 13.2 Å². The molecule has 0 aliphatic rings. The van der Waals surface area contributed by atoms with E-state index in [1.807, 2.05) is 30.3 Å². The molecule has 104 valence electrons. The molecule has 19 heavy (non-hydrogen) atoms. The highest BCUT2D eigenvalue weighted by Gasteiger charge is 2.08. The average molecular weight is 265 g/mol. The van der Waals surface area contributed by atoms with E-state index in [9.17, 15) is 9.59 Å². The maximum atomic E-state index is 11.2. The molecule has 0 spiro atoms. The Morgan fingerprint density at radius 3 is 2.58 bits per heavy atom. The average Bonchev–Trinajstić information content (AvgIpc) is 2.37. The van der Waals surface area contributed by atoms with Crippen molar-refractivity contribution in [1.29, 1.82) is 0 Å². The first-order valence-corrected chi connectivity index (χ1v) is 6.06. The number of rotatable bonds is 7. The number of alkyl carbamates (subject to hydrolysis) is 1. The summed E-state index contributed by atoms with van der Waals surface area (Å²) in [4.78, 5) is 21.7. The van der Waals surface area contributed by atoms with Gasteiger partial charge < -0.3 is 21.5 Å². The van der Waals surface area contributed by atoms with Crippen molar-refractivity contribution in [2.45, 2.75) is 18.9 Å². The van der Waals surface area contributed by atoms with Crippen molar-refractivity contribution >= 4 is 12.0 Å². The van der Waals surface area contributed by atoms with E-state index >= 15 is 0 Å². The standard InChI is InChI=1S/C13H19N3O3/c14-11(8-10-4-2-1-3-5-10)9-19-13(18)16-7-6-12(15)17/h1-5,11H,6-9,14H2,(H2,15,17)(H,16,18)/t11-/m1/s1. The molecule has 0 radical (unpaired) electrons. The summed E-state index contributed by atoms with van der Waals surface area (Å²) in [7, 11) is 0. The van der Waals surface area contributed by atoms with Crippen LogP contribution in [0.5, 0.6) is 0 Å². The number of carbonyl (C=O) groups excluding carboxylic acids is 2. The van der Waals surface area contributed by atoms with Gasteiger partial charge in [0, 0.05) is 19.0 Å². The first-order valence-electron chi connectivity index (χ1n) is 6.06. The van der Waals surface area contributed by atoms with Crippen LogP contribution in [-0.2, 0) is 16.0 Å². The summed E-state index contributed by atoms with van der Waals surface area (Å²) < 4.78 is 4.93. The fourth-order valence-electron chi connectivity index (χ4n) is 1.50. The largest absolute Gasteiger partial charge is 0.448 e. The molecule has 0 fully saturated rings. The van der Waals surface area contributed by atoms with Gasteiger partial charge in [0.15, 0.2) is 0 Å². The number of nitrogens with two attached hydrogens (primary N) is 2. The van der Waals surface area contributed by atoms with Gasteiger partial charge in [-0.05, 0) is 12.0 Å². The van der Waals surface area contributed by atoms with Crippen molar-refractivity contribution in [2.24, 2.45) is 11.5 Å². The molecule has 0 saturated heterocycles. The van der Waals surface area contributed by atoms with Crippen LogP contribution in [0.15, 0.2) is 30.3 Å². The molecule has 0 aliphatic carbocycles. The summed E-state index contributed by atoms with van der Waals surface area (Å²) in [5.41, 5.74) is 11.9. The Kier molecular flexibility index (Phi) is 6.38. The SMILES string of the molecule is NC(=O)CCNC(=O)OC[C@H](N)Cc1ccccc1. The van der Waals surface area contributed by atoms with Gasteiger partial charge in [-0.3, -0.25) is 4.79 Å². The second-order valence-electron chi connectivity index (χ2n) is 4.19. The maximum Gasteiger partial charge on any atom is 0.407 e. The Balaban J connectivity index is 2.17. The van der Waals surface area contributed by atoms with Gasteiger partial charge in [0.25, 0.3) is 0 Å². The number of nitrogens with one attached hydrogen (secondary N) is 1. The predicted molar refractivity (Wildman–Crippen MR) is 71.3 cm³/mol. The number of benzene rings is 1. The smallest absolute Gasteiger partial charge is 0.407 e. The van der Waals surface area contributed by atoms with Crippen molar-refractivity contribution in [3.05, 3.63) is 35.9 Å². The van der Waals surface area contributed by atoms with Crippen molar-refractivity contribution in [3.8, 4) is 0 Å². The number of carbonyl (C=O) groups is 2. The van der Waals surface area contributed by atoms with Crippen LogP contribution in [0.4, 0.5) is 4.79 Å². The molecule has 1 aromatic carbocycles. The minimum absolute atomic E-state index is 0.0885. The minimum Gasteiger partial charge on any atom is -0.448 e. The van der Waals surface area contributed by atoms with E-state index in [-0.39, 0.29) is 25.6 Å². The lowest BCUT2D eigenvalue weighted by Crippen LogP contribution is -2.34. The number of hydrogen-bond acceptors (Lipinski definition) is 4. The fraction of sp³-hybridized carbons (Fsp3) is 0.385. The quantitative estimate of drug-likeness (QED) is 0.652. The van der Waals surface area contributed by atoms with Gasteiger partial charge in [-0.15, -0.1) is 0 Å². The molecule has 0 saturated carbocycles. The van der Waals surface area contributed by atoms with Gasteiger partial charge >= 0.3 is 6.09 Å². The molecular weight excluding hydrogens is 246 g/mol. The summed E-state index contributed by atoms with van der Waals surface area (Å²) in [6.07, 6.45) is 0.130. The summed E-state index contributed by atoms with van der Waals surface area (Å²) >= 11 is 0. The molecule has 5 N–H and O–H groups in total. The normalized spacial score (nSPS) is 11.6. The van der Waals surface area contributed by atoms with Crippen LogP contribution < -0.4 is 16.8 Å². The summed E-state index contributed by atoms with van der Waals surface area (Å²) in [6, 6.07) is 9.46. The molecule has 1 aromatic rings. The lowest BCUT2D eigenvalue weighted by molar-refractivity contribution is -0.117. The van der Waals surface area contributed by atoms with Gasteiger partial charge in [-0.2, -0.15) is 0 Å². The monoisotopic (exact) mass is 265 g/mol. The van der Waals surface area contributed by atoms with Crippen LogP contribution >= 0.6 is 0 Å². The minimum atomic E-state index is -0.593. The highest BCUT2D eigenvalue weighted by molar-refractivity contribution is 5.75. The third kappa shape index (κ3) is 7.05.